The van der Waals surface area contributed by atoms with Crippen molar-refractivity contribution < 1.29 is 38.0 Å². The van der Waals surface area contributed by atoms with E-state index in [-0.39, 0.29) is 24.6 Å². The third-order valence-electron chi connectivity index (χ3n) is 6.41. The van der Waals surface area contributed by atoms with Crippen molar-refractivity contribution in [3.63, 3.8) is 0 Å². The first-order valence-corrected chi connectivity index (χ1v) is 14.7. The van der Waals surface area contributed by atoms with Crippen LogP contribution in [0, 0.1) is 9.39 Å². The third-order valence-corrected chi connectivity index (χ3v) is 7.25. The number of allylic oxidation sites excluding steroid dienone is 1. The number of benzene rings is 3. The molecule has 2 amide bonds. The maximum Gasteiger partial charge on any atom is 0.337 e. The minimum absolute atomic E-state index is 0.109. The Kier molecular flexibility index (Phi) is 11.4. The summed E-state index contributed by atoms with van der Waals surface area (Å²) in [6, 6.07) is 15.6. The van der Waals surface area contributed by atoms with Crippen LogP contribution < -0.4 is 30.3 Å². The highest BCUT2D eigenvalue weighted by atomic mass is 127. The van der Waals surface area contributed by atoms with Crippen molar-refractivity contribution in [2.24, 2.45) is 5.10 Å². The van der Waals surface area contributed by atoms with Crippen molar-refractivity contribution in [2.45, 2.75) is 32.7 Å². The zero-order valence-electron chi connectivity index (χ0n) is 24.2. The van der Waals surface area contributed by atoms with E-state index in [1.54, 1.807) is 62.4 Å². The fourth-order valence-electron chi connectivity index (χ4n) is 4.31. The molecule has 4 rings (SSSR count). The Labute approximate surface area is 267 Å². The molecule has 11 nitrogen and oxygen atoms in total. The second-order valence-electron chi connectivity index (χ2n) is 9.48. The number of hydrogen-bond donors (Lipinski definition) is 4. The number of amides is 2. The minimum Gasteiger partial charge on any atom is -0.490 e. The number of esters is 1. The van der Waals surface area contributed by atoms with Crippen molar-refractivity contribution >= 4 is 40.8 Å². The van der Waals surface area contributed by atoms with Crippen LogP contribution in [0.25, 0.3) is 0 Å². The van der Waals surface area contributed by atoms with Gasteiger partial charge in [0.1, 0.15) is 24.8 Å². The zero-order valence-corrected chi connectivity index (χ0v) is 26.4. The molecule has 0 aromatic heterocycles. The van der Waals surface area contributed by atoms with E-state index in [0.29, 0.717) is 40.7 Å². The van der Waals surface area contributed by atoms with Crippen LogP contribution in [0.4, 0.5) is 9.18 Å². The second-order valence-corrected chi connectivity index (χ2v) is 10.6. The Morgan fingerprint density at radius 3 is 2.61 bits per heavy atom. The number of carbonyl (C=O) groups excluding carboxylic acids is 2. The first-order valence-electron chi connectivity index (χ1n) is 13.6. The summed E-state index contributed by atoms with van der Waals surface area (Å²) in [7, 11) is 1.27. The predicted molar refractivity (Wildman–Crippen MR) is 169 cm³/mol. The van der Waals surface area contributed by atoms with Crippen LogP contribution in [0.3, 0.4) is 0 Å². The molecule has 3 aromatic carbocycles. The lowest BCUT2D eigenvalue weighted by atomic mass is 9.95. The number of halogens is 2. The van der Waals surface area contributed by atoms with Crippen LogP contribution in [0.2, 0.25) is 0 Å². The van der Waals surface area contributed by atoms with Crippen LogP contribution in [0.5, 0.6) is 17.2 Å². The average Bonchev–Trinajstić information content (AvgIpc) is 3.00. The summed E-state index contributed by atoms with van der Waals surface area (Å²) in [5, 5.41) is 19.8. The highest BCUT2D eigenvalue weighted by molar-refractivity contribution is 14.1. The number of ether oxygens (including phenoxy) is 4. The lowest BCUT2D eigenvalue weighted by molar-refractivity contribution is -0.136. The van der Waals surface area contributed by atoms with Crippen LogP contribution in [-0.4, -0.2) is 49.9 Å². The van der Waals surface area contributed by atoms with Crippen LogP contribution >= 0.6 is 22.6 Å². The van der Waals surface area contributed by atoms with Gasteiger partial charge in [-0.1, -0.05) is 24.3 Å². The van der Waals surface area contributed by atoms with E-state index in [1.165, 1.54) is 19.4 Å². The fourth-order valence-corrected chi connectivity index (χ4v) is 5.00. The molecule has 4 N–H and O–H groups in total. The molecule has 0 saturated heterocycles. The minimum atomic E-state index is -1.15. The highest BCUT2D eigenvalue weighted by Gasteiger charge is 2.32. The topological polar surface area (TPSA) is 140 Å². The van der Waals surface area contributed by atoms with E-state index in [2.05, 4.69) is 43.8 Å². The Morgan fingerprint density at radius 1 is 1.11 bits per heavy atom. The second kappa shape index (κ2) is 15.4. The molecular weight excluding hydrogens is 686 g/mol. The molecule has 3 aromatic rings. The molecule has 0 bridgehead atoms. The van der Waals surface area contributed by atoms with E-state index < -0.39 is 24.3 Å². The first-order chi connectivity index (χ1) is 21.2. The molecule has 0 unspecified atom stereocenters. The molecule has 1 heterocycles. The van der Waals surface area contributed by atoms with Crippen molar-refractivity contribution in [1.29, 1.82) is 0 Å². The average molecular weight is 719 g/mol. The summed E-state index contributed by atoms with van der Waals surface area (Å²) >= 11 is 2.13. The largest absolute Gasteiger partial charge is 0.490 e. The molecule has 0 radical (unpaired) electrons. The van der Waals surface area contributed by atoms with Gasteiger partial charge in [0, 0.05) is 11.3 Å². The van der Waals surface area contributed by atoms with Gasteiger partial charge < -0.3 is 34.7 Å². The number of rotatable bonds is 13. The Morgan fingerprint density at radius 2 is 1.89 bits per heavy atom. The first kappa shape index (κ1) is 32.5. The zero-order chi connectivity index (χ0) is 31.6. The summed E-state index contributed by atoms with van der Waals surface area (Å²) in [6.45, 7) is 3.70. The molecule has 44 heavy (non-hydrogen) atoms. The summed E-state index contributed by atoms with van der Waals surface area (Å²) in [5.74, 6) is 0.425. The molecule has 0 saturated carbocycles. The molecule has 0 fully saturated rings. The number of hydrazone groups is 1. The summed E-state index contributed by atoms with van der Waals surface area (Å²) in [5.41, 5.74) is 5.06. The Balaban J connectivity index is 1.35. The van der Waals surface area contributed by atoms with E-state index >= 15 is 0 Å². The summed E-state index contributed by atoms with van der Waals surface area (Å²) < 4.78 is 36.8. The van der Waals surface area contributed by atoms with Crippen molar-refractivity contribution in [3.05, 3.63) is 98.0 Å². The van der Waals surface area contributed by atoms with Crippen molar-refractivity contribution in [2.75, 3.05) is 20.3 Å². The Bertz CT molecular complexity index is 1570. The fraction of sp³-hybridized carbons (Fsp3) is 0.258. The van der Waals surface area contributed by atoms with Gasteiger partial charge in [-0.15, -0.1) is 0 Å². The van der Waals surface area contributed by atoms with Crippen LogP contribution in [0.15, 0.2) is 77.0 Å². The van der Waals surface area contributed by atoms with Gasteiger partial charge in [-0.05, 0) is 84.0 Å². The predicted octanol–water partition coefficient (Wildman–Crippen LogP) is 4.53. The molecule has 0 spiro atoms. The van der Waals surface area contributed by atoms with Crippen molar-refractivity contribution in [1.82, 2.24) is 16.1 Å². The van der Waals surface area contributed by atoms with E-state index in [0.717, 1.165) is 9.13 Å². The SMILES string of the molecule is CCOc1cc([C@H]2NC(=O)NC(C)=C2C(=O)OC)ccc1OC[C@H](O)N/N=C\c1ccc(OCc2ccccc2F)c(I)c1. The standard InChI is InChI=1S/C31H32FIN4O7/c1-4-42-26-14-20(29-28(30(39)41-3)18(2)35-31(40)36-29)10-12-25(26)44-17-27(38)37-34-15-19-9-11-24(23(33)13-19)43-16-21-7-5-6-8-22(21)32/h5-15,27,29,37-38H,4,16-17H2,1-3H3,(H2,35,36,40)/b34-15-/t27-,29+/m0/s1. The summed E-state index contributed by atoms with van der Waals surface area (Å²) in [4.78, 5) is 24.6. The van der Waals surface area contributed by atoms with Crippen LogP contribution in [-0.2, 0) is 16.1 Å². The van der Waals surface area contributed by atoms with E-state index in [9.17, 15) is 19.1 Å². The maximum atomic E-state index is 13.9. The highest BCUT2D eigenvalue weighted by Crippen LogP contribution is 2.35. The number of aliphatic hydroxyl groups excluding tert-OH is 1. The lowest BCUT2D eigenvalue weighted by Crippen LogP contribution is -2.45. The van der Waals surface area contributed by atoms with Gasteiger partial charge in [0.15, 0.2) is 17.7 Å². The Hall–Kier alpha value is -4.37. The van der Waals surface area contributed by atoms with Gasteiger partial charge in [-0.3, -0.25) is 5.43 Å². The van der Waals surface area contributed by atoms with E-state index in [1.807, 2.05) is 6.07 Å². The number of nitrogens with one attached hydrogen (secondary N) is 3. The third kappa shape index (κ3) is 8.38. The molecule has 0 aliphatic carbocycles. The number of aliphatic hydroxyl groups is 1. The summed E-state index contributed by atoms with van der Waals surface area (Å²) in [6.07, 6.45) is 0.386. The smallest absolute Gasteiger partial charge is 0.337 e. The number of nitrogens with zero attached hydrogens (tertiary/aromatic N) is 1. The lowest BCUT2D eigenvalue weighted by Gasteiger charge is -2.28. The molecule has 2 atom stereocenters. The monoisotopic (exact) mass is 718 g/mol. The van der Waals surface area contributed by atoms with Gasteiger partial charge in [-0.2, -0.15) is 5.10 Å². The van der Waals surface area contributed by atoms with Gasteiger partial charge in [0.2, 0.25) is 0 Å². The van der Waals surface area contributed by atoms with Gasteiger partial charge in [-0.25, -0.2) is 14.0 Å². The van der Waals surface area contributed by atoms with Gasteiger partial charge >= 0.3 is 12.0 Å². The number of urea groups is 1. The van der Waals surface area contributed by atoms with Gasteiger partial charge in [0.25, 0.3) is 0 Å². The van der Waals surface area contributed by atoms with Crippen molar-refractivity contribution in [3.8, 4) is 17.2 Å². The maximum absolute atomic E-state index is 13.9. The molecule has 1 aliphatic rings. The molecule has 13 heteroatoms. The van der Waals surface area contributed by atoms with Crippen LogP contribution in [0.1, 0.15) is 36.6 Å². The normalized spacial score (nSPS) is 15.3. The number of hydrogen-bond acceptors (Lipinski definition) is 9. The van der Waals surface area contributed by atoms with Gasteiger partial charge in [0.05, 0.1) is 35.1 Å². The number of methoxy groups -OCH3 is 1. The van der Waals surface area contributed by atoms with E-state index in [4.69, 9.17) is 18.9 Å². The number of carbonyl (C=O) groups is 2. The molecule has 1 aliphatic heterocycles. The molecular formula is C31H32FIN4O7. The quantitative estimate of drug-likeness (QED) is 0.0665. The molecule has 232 valence electrons.